The molecule has 1 aromatic carbocycles. The van der Waals surface area contributed by atoms with Gasteiger partial charge in [0.2, 0.25) is 0 Å². The maximum atomic E-state index is 12.5. The van der Waals surface area contributed by atoms with Crippen LogP contribution >= 0.6 is 0 Å². The van der Waals surface area contributed by atoms with Crippen LogP contribution in [0.25, 0.3) is 0 Å². The van der Waals surface area contributed by atoms with Gasteiger partial charge in [-0.3, -0.25) is 9.59 Å². The Labute approximate surface area is 168 Å². The number of rotatable bonds is 11. The second-order valence-corrected chi connectivity index (χ2v) is 6.59. The molecule has 2 aromatic rings. The highest BCUT2D eigenvalue weighted by Gasteiger charge is 2.20. The smallest absolute Gasteiger partial charge is 0.326 e. The Kier molecular flexibility index (Phi) is 9.54. The first kappa shape index (κ1) is 23.8. The molecule has 0 radical (unpaired) electrons. The van der Waals surface area contributed by atoms with Gasteiger partial charge >= 0.3 is 11.9 Å². The minimum atomic E-state index is -1.03. The number of carbonyl (C=O) groups is 3. The Morgan fingerprint density at radius 2 is 1.86 bits per heavy atom. The summed E-state index contributed by atoms with van der Waals surface area (Å²) in [5, 5.41) is 21.1. The van der Waals surface area contributed by atoms with Gasteiger partial charge in [0.1, 0.15) is 6.04 Å². The number of nitrogens with one attached hydrogen (secondary N) is 1. The lowest BCUT2D eigenvalue weighted by Gasteiger charge is -2.13. The number of amides is 1. The van der Waals surface area contributed by atoms with Crippen LogP contribution in [0.4, 0.5) is 5.82 Å². The summed E-state index contributed by atoms with van der Waals surface area (Å²) in [6, 6.07) is 5.70. The van der Waals surface area contributed by atoms with E-state index < -0.39 is 23.9 Å². The van der Waals surface area contributed by atoms with Gasteiger partial charge < -0.3 is 25.6 Å². The molecular formula is C20H27N3O6. The lowest BCUT2D eigenvalue weighted by molar-refractivity contribution is -0.141. The molecule has 0 saturated carbocycles. The highest BCUT2D eigenvalue weighted by Crippen LogP contribution is 2.19. The first-order valence-electron chi connectivity index (χ1n) is 9.29. The van der Waals surface area contributed by atoms with Crippen molar-refractivity contribution >= 4 is 23.7 Å². The fraction of sp³-hybridized carbons (Fsp3) is 0.400. The molecule has 1 heterocycles. The van der Waals surface area contributed by atoms with Crippen molar-refractivity contribution in [3.63, 3.8) is 0 Å². The molecule has 0 aliphatic rings. The summed E-state index contributed by atoms with van der Waals surface area (Å²) in [5.74, 6) is -2.25. The van der Waals surface area contributed by atoms with Crippen molar-refractivity contribution in [2.24, 2.45) is 0 Å². The number of carboxylic acid groups (broad SMARTS) is 2. The van der Waals surface area contributed by atoms with Gasteiger partial charge in [0.25, 0.3) is 5.91 Å². The number of nitrogens with zero attached hydrogens (tertiary/aromatic N) is 2. The second-order valence-electron chi connectivity index (χ2n) is 6.59. The standard InChI is InChI=1S/C20H25N3O5.H2O/c1-2-3-4-5-10-16(20(27)28)23-12-17(21-13-23)22-19(26)15-9-7-6-8-14(15)11-18(24)25;/h6-9,12-13,16H,2-5,10-11H2,1H3,(H,22,26)(H,24,25)(H,27,28);1H2. The monoisotopic (exact) mass is 405 g/mol. The van der Waals surface area contributed by atoms with Crippen LogP contribution in [-0.2, 0) is 16.0 Å². The molecule has 9 heteroatoms. The number of imidazole rings is 1. The Morgan fingerprint density at radius 1 is 1.14 bits per heavy atom. The zero-order chi connectivity index (χ0) is 20.5. The number of aromatic nitrogens is 2. The molecule has 1 aromatic heterocycles. The number of carbonyl (C=O) groups excluding carboxylic acids is 1. The highest BCUT2D eigenvalue weighted by molar-refractivity contribution is 6.05. The van der Waals surface area contributed by atoms with E-state index in [9.17, 15) is 19.5 Å². The zero-order valence-corrected chi connectivity index (χ0v) is 16.3. The average molecular weight is 405 g/mol. The van der Waals surface area contributed by atoms with Crippen LogP contribution in [0.5, 0.6) is 0 Å². The molecule has 0 spiro atoms. The SMILES string of the molecule is CCCCCCC(C(=O)O)n1cnc(NC(=O)c2ccccc2CC(=O)O)c1.O. The van der Waals surface area contributed by atoms with E-state index in [1.807, 2.05) is 0 Å². The molecule has 1 unspecified atom stereocenters. The molecule has 1 amide bonds. The van der Waals surface area contributed by atoms with Gasteiger partial charge in [-0.05, 0) is 18.1 Å². The van der Waals surface area contributed by atoms with Gasteiger partial charge in [-0.2, -0.15) is 0 Å². The summed E-state index contributed by atoms with van der Waals surface area (Å²) in [4.78, 5) is 39.1. The maximum absolute atomic E-state index is 12.5. The van der Waals surface area contributed by atoms with Crippen LogP contribution in [-0.4, -0.2) is 43.1 Å². The van der Waals surface area contributed by atoms with Crippen molar-refractivity contribution in [1.82, 2.24) is 9.55 Å². The van der Waals surface area contributed by atoms with Gasteiger partial charge in [0.05, 0.1) is 12.7 Å². The van der Waals surface area contributed by atoms with Crippen LogP contribution < -0.4 is 5.32 Å². The number of carboxylic acids is 2. The predicted octanol–water partition coefficient (Wildman–Crippen LogP) is 2.53. The number of anilines is 1. The summed E-state index contributed by atoms with van der Waals surface area (Å²) in [6.45, 7) is 2.09. The van der Waals surface area contributed by atoms with E-state index in [1.54, 1.807) is 24.3 Å². The quantitative estimate of drug-likeness (QED) is 0.488. The molecule has 5 N–H and O–H groups in total. The molecule has 0 bridgehead atoms. The van der Waals surface area contributed by atoms with E-state index in [0.29, 0.717) is 12.0 Å². The van der Waals surface area contributed by atoms with Gasteiger partial charge in [0.15, 0.2) is 5.82 Å². The molecule has 0 aliphatic heterocycles. The van der Waals surface area contributed by atoms with E-state index in [1.165, 1.54) is 17.1 Å². The summed E-state index contributed by atoms with van der Waals surface area (Å²) in [5.41, 5.74) is 0.639. The Balaban J connectivity index is 0.00000420. The minimum absolute atomic E-state index is 0. The fourth-order valence-electron chi connectivity index (χ4n) is 2.98. The molecule has 9 nitrogen and oxygen atoms in total. The van der Waals surface area contributed by atoms with Crippen molar-refractivity contribution in [2.45, 2.75) is 51.5 Å². The van der Waals surface area contributed by atoms with Crippen molar-refractivity contribution in [2.75, 3.05) is 5.32 Å². The third kappa shape index (κ3) is 7.04. The van der Waals surface area contributed by atoms with Crippen molar-refractivity contribution in [3.8, 4) is 0 Å². The van der Waals surface area contributed by atoms with Gasteiger partial charge in [0, 0.05) is 11.8 Å². The number of hydrogen-bond donors (Lipinski definition) is 3. The summed E-state index contributed by atoms with van der Waals surface area (Å²) in [7, 11) is 0. The molecule has 0 aliphatic carbocycles. The number of unbranched alkanes of at least 4 members (excludes halogenated alkanes) is 3. The van der Waals surface area contributed by atoms with Crippen molar-refractivity contribution < 1.29 is 30.1 Å². The largest absolute Gasteiger partial charge is 0.481 e. The Bertz CT molecular complexity index is 833. The van der Waals surface area contributed by atoms with Gasteiger partial charge in [-0.15, -0.1) is 0 Å². The molecular weight excluding hydrogens is 378 g/mol. The molecule has 0 fully saturated rings. The second kappa shape index (κ2) is 11.6. The topological polar surface area (TPSA) is 153 Å². The molecule has 2 rings (SSSR count). The van der Waals surface area contributed by atoms with E-state index >= 15 is 0 Å². The molecule has 29 heavy (non-hydrogen) atoms. The average Bonchev–Trinajstić information content (AvgIpc) is 3.09. The third-order valence-corrected chi connectivity index (χ3v) is 4.42. The highest BCUT2D eigenvalue weighted by atomic mass is 16.4. The van der Waals surface area contributed by atoms with Crippen LogP contribution in [0.15, 0.2) is 36.8 Å². The molecule has 0 saturated heterocycles. The van der Waals surface area contributed by atoms with E-state index in [2.05, 4.69) is 17.2 Å². The molecule has 158 valence electrons. The van der Waals surface area contributed by atoms with Crippen LogP contribution in [0.2, 0.25) is 0 Å². The fourth-order valence-corrected chi connectivity index (χ4v) is 2.98. The summed E-state index contributed by atoms with van der Waals surface area (Å²) < 4.78 is 1.48. The molecule has 1 atom stereocenters. The number of aliphatic carboxylic acids is 2. The minimum Gasteiger partial charge on any atom is -0.481 e. The van der Waals surface area contributed by atoms with E-state index in [0.717, 1.165) is 25.7 Å². The van der Waals surface area contributed by atoms with Crippen molar-refractivity contribution in [1.29, 1.82) is 0 Å². The number of hydrogen-bond acceptors (Lipinski definition) is 4. The Hall–Kier alpha value is -3.20. The van der Waals surface area contributed by atoms with Crippen LogP contribution in [0.1, 0.15) is 61.0 Å². The third-order valence-electron chi connectivity index (χ3n) is 4.42. The summed E-state index contributed by atoms with van der Waals surface area (Å²) >= 11 is 0. The van der Waals surface area contributed by atoms with Gasteiger partial charge in [-0.25, -0.2) is 9.78 Å². The summed E-state index contributed by atoms with van der Waals surface area (Å²) in [6.07, 6.45) is 6.99. The van der Waals surface area contributed by atoms with Crippen LogP contribution in [0.3, 0.4) is 0 Å². The maximum Gasteiger partial charge on any atom is 0.326 e. The normalized spacial score (nSPS) is 11.3. The number of benzene rings is 1. The van der Waals surface area contributed by atoms with E-state index in [-0.39, 0.29) is 23.3 Å². The first-order valence-corrected chi connectivity index (χ1v) is 9.29. The van der Waals surface area contributed by atoms with E-state index in [4.69, 9.17) is 5.11 Å². The Morgan fingerprint density at radius 3 is 2.52 bits per heavy atom. The van der Waals surface area contributed by atoms with Gasteiger partial charge in [-0.1, -0.05) is 50.8 Å². The first-order chi connectivity index (χ1) is 13.4. The van der Waals surface area contributed by atoms with Crippen molar-refractivity contribution in [3.05, 3.63) is 47.9 Å². The van der Waals surface area contributed by atoms with Crippen LogP contribution in [0, 0.1) is 0 Å². The lowest BCUT2D eigenvalue weighted by Crippen LogP contribution is -2.18. The zero-order valence-electron chi connectivity index (χ0n) is 16.3. The lowest BCUT2D eigenvalue weighted by atomic mass is 10.0. The predicted molar refractivity (Wildman–Crippen MR) is 107 cm³/mol.